The van der Waals surface area contributed by atoms with Gasteiger partial charge in [0, 0.05) is 36.3 Å². The van der Waals surface area contributed by atoms with Crippen LogP contribution in [0.25, 0.3) is 0 Å². The fraction of sp³-hybridized carbons (Fsp3) is 0.286. The van der Waals surface area contributed by atoms with Crippen LogP contribution in [-0.2, 0) is 4.79 Å². The second-order valence-corrected chi connectivity index (χ2v) is 6.31. The Morgan fingerprint density at radius 2 is 1.71 bits per heavy atom. The standard InChI is InChI=1S/C21H25N3O4/c1-4-24(21(27)16-6-5-14(2)18(13-16)28-3)12-11-19(25)23-17-9-7-15(8-10-17)20(22)26/h5-10,13H,4,11-12H2,1-3H3,(H2,22,26)(H,23,25). The maximum absolute atomic E-state index is 12.7. The third-order valence-corrected chi connectivity index (χ3v) is 4.39. The minimum Gasteiger partial charge on any atom is -0.496 e. The first kappa shape index (κ1) is 21.0. The van der Waals surface area contributed by atoms with Gasteiger partial charge in [0.1, 0.15) is 5.75 Å². The number of aryl methyl sites for hydroxylation is 1. The van der Waals surface area contributed by atoms with Crippen LogP contribution < -0.4 is 15.8 Å². The molecule has 0 bridgehead atoms. The van der Waals surface area contributed by atoms with Crippen molar-refractivity contribution in [3.63, 3.8) is 0 Å². The second-order valence-electron chi connectivity index (χ2n) is 6.31. The number of rotatable bonds is 8. The Bertz CT molecular complexity index is 862. The highest BCUT2D eigenvalue weighted by Crippen LogP contribution is 2.20. The van der Waals surface area contributed by atoms with Crippen LogP contribution >= 0.6 is 0 Å². The van der Waals surface area contributed by atoms with Crippen molar-refractivity contribution in [2.75, 3.05) is 25.5 Å². The summed E-state index contributed by atoms with van der Waals surface area (Å²) in [5, 5.41) is 2.74. The van der Waals surface area contributed by atoms with E-state index in [2.05, 4.69) is 5.32 Å². The van der Waals surface area contributed by atoms with Gasteiger partial charge in [0.05, 0.1) is 7.11 Å². The van der Waals surface area contributed by atoms with Crippen LogP contribution in [0.15, 0.2) is 42.5 Å². The van der Waals surface area contributed by atoms with E-state index in [-0.39, 0.29) is 24.8 Å². The fourth-order valence-electron chi connectivity index (χ4n) is 2.72. The lowest BCUT2D eigenvalue weighted by molar-refractivity contribution is -0.116. The lowest BCUT2D eigenvalue weighted by atomic mass is 10.1. The summed E-state index contributed by atoms with van der Waals surface area (Å²) in [5.74, 6) is -0.249. The molecule has 0 heterocycles. The van der Waals surface area contributed by atoms with Crippen LogP contribution in [-0.4, -0.2) is 42.8 Å². The van der Waals surface area contributed by atoms with Gasteiger partial charge >= 0.3 is 0 Å². The largest absolute Gasteiger partial charge is 0.496 e. The van der Waals surface area contributed by atoms with Crippen molar-refractivity contribution in [2.45, 2.75) is 20.3 Å². The molecule has 0 unspecified atom stereocenters. The zero-order valence-electron chi connectivity index (χ0n) is 16.3. The van der Waals surface area contributed by atoms with Crippen LogP contribution in [0.3, 0.4) is 0 Å². The molecule has 3 N–H and O–H groups in total. The minimum absolute atomic E-state index is 0.153. The number of carbonyl (C=O) groups is 3. The fourth-order valence-corrected chi connectivity index (χ4v) is 2.72. The number of ether oxygens (including phenoxy) is 1. The SMILES string of the molecule is CCN(CCC(=O)Nc1ccc(C(N)=O)cc1)C(=O)c1ccc(C)c(OC)c1. The summed E-state index contributed by atoms with van der Waals surface area (Å²) in [6, 6.07) is 11.6. The van der Waals surface area contributed by atoms with Gasteiger partial charge in [0.25, 0.3) is 5.91 Å². The molecule has 0 radical (unpaired) electrons. The van der Waals surface area contributed by atoms with Gasteiger partial charge in [-0.2, -0.15) is 0 Å². The first-order valence-corrected chi connectivity index (χ1v) is 8.99. The van der Waals surface area contributed by atoms with Crippen molar-refractivity contribution in [1.82, 2.24) is 4.90 Å². The maximum atomic E-state index is 12.7. The normalized spacial score (nSPS) is 10.2. The molecule has 2 rings (SSSR count). The summed E-state index contributed by atoms with van der Waals surface area (Å²) in [4.78, 5) is 37.6. The van der Waals surface area contributed by atoms with Crippen LogP contribution in [0.2, 0.25) is 0 Å². The summed E-state index contributed by atoms with van der Waals surface area (Å²) in [6.07, 6.45) is 0.153. The number of hydrogen-bond donors (Lipinski definition) is 2. The van der Waals surface area contributed by atoms with E-state index in [1.165, 1.54) is 0 Å². The quantitative estimate of drug-likeness (QED) is 0.731. The van der Waals surface area contributed by atoms with Crippen LogP contribution in [0.5, 0.6) is 5.75 Å². The van der Waals surface area contributed by atoms with E-state index in [9.17, 15) is 14.4 Å². The van der Waals surface area contributed by atoms with E-state index in [1.54, 1.807) is 48.4 Å². The molecular weight excluding hydrogens is 358 g/mol. The first-order chi connectivity index (χ1) is 13.3. The third kappa shape index (κ3) is 5.33. The summed E-state index contributed by atoms with van der Waals surface area (Å²) in [5.41, 5.74) is 7.59. The molecule has 0 saturated carbocycles. The Balaban J connectivity index is 1.96. The molecule has 7 heteroatoms. The highest BCUT2D eigenvalue weighted by molar-refractivity contribution is 5.96. The molecule has 0 saturated heterocycles. The van der Waals surface area contributed by atoms with Gasteiger partial charge in [0.2, 0.25) is 11.8 Å². The van der Waals surface area contributed by atoms with E-state index in [1.807, 2.05) is 19.9 Å². The average Bonchev–Trinajstić information content (AvgIpc) is 2.69. The van der Waals surface area contributed by atoms with Gasteiger partial charge in [-0.25, -0.2) is 0 Å². The molecule has 3 amide bonds. The van der Waals surface area contributed by atoms with Gasteiger partial charge < -0.3 is 20.7 Å². The Morgan fingerprint density at radius 3 is 2.29 bits per heavy atom. The number of carbonyl (C=O) groups excluding carboxylic acids is 3. The lowest BCUT2D eigenvalue weighted by Crippen LogP contribution is -2.33. The van der Waals surface area contributed by atoms with Gasteiger partial charge in [-0.1, -0.05) is 6.07 Å². The third-order valence-electron chi connectivity index (χ3n) is 4.39. The maximum Gasteiger partial charge on any atom is 0.253 e. The molecular formula is C21H25N3O4. The van der Waals surface area contributed by atoms with Crippen LogP contribution in [0.4, 0.5) is 5.69 Å². The highest BCUT2D eigenvalue weighted by Gasteiger charge is 2.17. The average molecular weight is 383 g/mol. The van der Waals surface area contributed by atoms with E-state index in [0.717, 1.165) is 5.56 Å². The van der Waals surface area contributed by atoms with Gasteiger partial charge in [-0.05, 0) is 55.8 Å². The Labute approximate surface area is 164 Å². The molecule has 0 atom stereocenters. The summed E-state index contributed by atoms with van der Waals surface area (Å²) in [6.45, 7) is 4.54. The number of anilines is 1. The summed E-state index contributed by atoms with van der Waals surface area (Å²) < 4.78 is 5.27. The first-order valence-electron chi connectivity index (χ1n) is 8.99. The topological polar surface area (TPSA) is 102 Å². The number of methoxy groups -OCH3 is 1. The van der Waals surface area contributed by atoms with Gasteiger partial charge in [-0.15, -0.1) is 0 Å². The lowest BCUT2D eigenvalue weighted by Gasteiger charge is -2.21. The highest BCUT2D eigenvalue weighted by atomic mass is 16.5. The zero-order chi connectivity index (χ0) is 20.7. The molecule has 0 aliphatic carbocycles. The van der Waals surface area contributed by atoms with Crippen molar-refractivity contribution in [3.05, 3.63) is 59.2 Å². The van der Waals surface area contributed by atoms with Crippen molar-refractivity contribution in [2.24, 2.45) is 5.73 Å². The predicted octanol–water partition coefficient (Wildman–Crippen LogP) is 2.59. The van der Waals surface area contributed by atoms with E-state index in [0.29, 0.717) is 29.1 Å². The molecule has 0 aliphatic heterocycles. The van der Waals surface area contributed by atoms with Crippen molar-refractivity contribution < 1.29 is 19.1 Å². The molecule has 2 aromatic carbocycles. The number of amides is 3. The van der Waals surface area contributed by atoms with Crippen molar-refractivity contribution >= 4 is 23.4 Å². The molecule has 0 fully saturated rings. The summed E-state index contributed by atoms with van der Waals surface area (Å²) in [7, 11) is 1.56. The van der Waals surface area contributed by atoms with Gasteiger partial charge in [0.15, 0.2) is 0 Å². The molecule has 0 spiro atoms. The smallest absolute Gasteiger partial charge is 0.253 e. The van der Waals surface area contributed by atoms with E-state index in [4.69, 9.17) is 10.5 Å². The molecule has 0 aromatic heterocycles. The zero-order valence-corrected chi connectivity index (χ0v) is 16.3. The van der Waals surface area contributed by atoms with Crippen molar-refractivity contribution in [3.8, 4) is 5.75 Å². The van der Waals surface area contributed by atoms with Crippen LogP contribution in [0.1, 0.15) is 39.6 Å². The number of hydrogen-bond acceptors (Lipinski definition) is 4. The molecule has 148 valence electrons. The Hall–Kier alpha value is -3.35. The number of nitrogens with one attached hydrogen (secondary N) is 1. The Morgan fingerprint density at radius 1 is 1.07 bits per heavy atom. The van der Waals surface area contributed by atoms with E-state index >= 15 is 0 Å². The number of benzene rings is 2. The second kappa shape index (κ2) is 9.55. The summed E-state index contributed by atoms with van der Waals surface area (Å²) >= 11 is 0. The monoisotopic (exact) mass is 383 g/mol. The van der Waals surface area contributed by atoms with E-state index < -0.39 is 5.91 Å². The van der Waals surface area contributed by atoms with Gasteiger partial charge in [-0.3, -0.25) is 14.4 Å². The molecule has 28 heavy (non-hydrogen) atoms. The Kier molecular flexibility index (Phi) is 7.14. The molecule has 7 nitrogen and oxygen atoms in total. The molecule has 0 aliphatic rings. The number of nitrogens with two attached hydrogens (primary N) is 1. The number of nitrogens with zero attached hydrogens (tertiary/aromatic N) is 1. The number of primary amides is 1. The minimum atomic E-state index is -0.525. The predicted molar refractivity (Wildman–Crippen MR) is 108 cm³/mol. The van der Waals surface area contributed by atoms with Crippen molar-refractivity contribution in [1.29, 1.82) is 0 Å². The molecule has 2 aromatic rings. The van der Waals surface area contributed by atoms with Crippen LogP contribution in [0, 0.1) is 6.92 Å².